The fourth-order valence-corrected chi connectivity index (χ4v) is 2.22. The molecule has 0 unspecified atom stereocenters. The predicted molar refractivity (Wildman–Crippen MR) is 91.6 cm³/mol. The molecule has 22 heavy (non-hydrogen) atoms. The zero-order chi connectivity index (χ0) is 20.7. The second kappa shape index (κ2) is 11.2. The van der Waals surface area contributed by atoms with Gasteiger partial charge in [-0.15, -0.1) is 12.4 Å². The van der Waals surface area contributed by atoms with Crippen LogP contribution in [0.25, 0.3) is 0 Å². The van der Waals surface area contributed by atoms with Gasteiger partial charge in [-0.25, -0.2) is 0 Å². The van der Waals surface area contributed by atoms with Gasteiger partial charge in [0, 0.05) is 27.6 Å². The molecule has 126 valence electrons. The summed E-state index contributed by atoms with van der Waals surface area (Å²) >= 11 is 1.50. The van der Waals surface area contributed by atoms with E-state index < -0.39 is 18.9 Å². The molecule has 9 heteroatoms. The second-order valence-corrected chi connectivity index (χ2v) is 5.12. The van der Waals surface area contributed by atoms with Gasteiger partial charge in [-0.2, -0.15) is 11.8 Å². The first-order valence-electron chi connectivity index (χ1n) is 9.13. The fourth-order valence-electron chi connectivity index (χ4n) is 1.48. The maximum Gasteiger partial charge on any atom is 0.274 e. The van der Waals surface area contributed by atoms with Crippen molar-refractivity contribution in [2.45, 2.75) is 12.3 Å². The molecule has 0 radical (unpaired) electrons. The third-order valence-electron chi connectivity index (χ3n) is 2.34. The van der Waals surface area contributed by atoms with E-state index in [-0.39, 0.29) is 24.7 Å². The quantitative estimate of drug-likeness (QED) is 0.376. The highest BCUT2D eigenvalue weighted by Crippen LogP contribution is 2.15. The van der Waals surface area contributed by atoms with Crippen LogP contribution < -0.4 is 10.6 Å². The van der Waals surface area contributed by atoms with E-state index in [0.717, 1.165) is 6.20 Å². The molecule has 0 aliphatic carbocycles. The highest BCUT2D eigenvalue weighted by Gasteiger charge is 2.04. The average Bonchev–Trinajstić information content (AvgIpc) is 2.96. The van der Waals surface area contributed by atoms with Gasteiger partial charge in [0.1, 0.15) is 11.5 Å². The molecule has 0 fully saturated rings. The van der Waals surface area contributed by atoms with Crippen molar-refractivity contribution in [1.82, 2.24) is 15.5 Å². The number of nitrogens with one attached hydrogen (secondary N) is 2. The molecule has 0 aliphatic heterocycles. The Hall–Kier alpha value is -1.38. The first-order valence-corrected chi connectivity index (χ1v) is 7.29. The zero-order valence-electron chi connectivity index (χ0n) is 18.0. The van der Waals surface area contributed by atoms with E-state index in [1.54, 1.807) is 19.2 Å². The number of hydrogen-bond donors (Lipinski definition) is 2. The van der Waals surface area contributed by atoms with E-state index in [9.17, 15) is 10.1 Å². The Kier molecular flexibility index (Phi) is 6.17. The highest BCUT2D eigenvalue weighted by atomic mass is 35.5. The Labute approximate surface area is 149 Å². The van der Waals surface area contributed by atoms with Crippen LogP contribution in [0.3, 0.4) is 0 Å². The molecule has 0 aliphatic rings. The molecule has 0 amide bonds. The summed E-state index contributed by atoms with van der Waals surface area (Å²) in [6, 6.07) is 3.22. The molecule has 0 atom stereocenters. The predicted octanol–water partition coefficient (Wildman–Crippen LogP) is 1.88. The zero-order valence-corrected chi connectivity index (χ0v) is 13.6. The van der Waals surface area contributed by atoms with Gasteiger partial charge < -0.3 is 20.0 Å². The van der Waals surface area contributed by atoms with Crippen LogP contribution in [0.1, 0.15) is 19.7 Å². The Morgan fingerprint density at radius 2 is 2.27 bits per heavy atom. The van der Waals surface area contributed by atoms with Crippen molar-refractivity contribution in [3.05, 3.63) is 45.8 Å². The number of rotatable bonds is 10. The monoisotopic (exact) mass is 356 g/mol. The van der Waals surface area contributed by atoms with Crippen molar-refractivity contribution in [1.29, 1.82) is 0 Å². The van der Waals surface area contributed by atoms with Gasteiger partial charge in [0.25, 0.3) is 6.20 Å². The lowest BCUT2D eigenvalue weighted by molar-refractivity contribution is -0.404. The Balaban J connectivity index is 0.00000729. The van der Waals surface area contributed by atoms with Gasteiger partial charge in [-0.05, 0) is 26.1 Å². The van der Waals surface area contributed by atoms with Gasteiger partial charge in [-0.3, -0.25) is 10.1 Å². The molecule has 2 N–H and O–H groups in total. The van der Waals surface area contributed by atoms with Gasteiger partial charge in [0.05, 0.1) is 17.2 Å². The summed E-state index contributed by atoms with van der Waals surface area (Å²) in [5.74, 6) is 2.28. The van der Waals surface area contributed by atoms with Gasteiger partial charge in [-0.1, -0.05) is 0 Å². The molecule has 1 aromatic rings. The number of hydrogen-bond acceptors (Lipinski definition) is 7. The molecule has 7 nitrogen and oxygen atoms in total. The normalized spacial score (nSPS) is 16.4. The largest absolute Gasteiger partial charge is 0.464 e. The topological polar surface area (TPSA) is 83.6 Å². The molecular weight excluding hydrogens is 328 g/mol. The molecular formula is C13H23ClN4O3S. The number of nitro groups is 1. The highest BCUT2D eigenvalue weighted by molar-refractivity contribution is 7.98. The minimum atomic E-state index is -2.76. The summed E-state index contributed by atoms with van der Waals surface area (Å²) in [7, 11) is 1.57. The van der Waals surface area contributed by atoms with Gasteiger partial charge in [0.2, 0.25) is 0 Å². The van der Waals surface area contributed by atoms with E-state index in [1.165, 1.54) is 11.8 Å². The van der Waals surface area contributed by atoms with E-state index in [1.807, 2.05) is 0 Å². The van der Waals surface area contributed by atoms with Crippen molar-refractivity contribution >= 4 is 24.2 Å². The first kappa shape index (κ1) is 12.1. The summed E-state index contributed by atoms with van der Waals surface area (Å²) in [5, 5.41) is 16.0. The third kappa shape index (κ3) is 8.81. The number of furan rings is 1. The molecule has 1 rings (SSSR count). The summed E-state index contributed by atoms with van der Waals surface area (Å²) < 4.78 is 49.6. The SMILES string of the molecule is Cl.[2H]C([2H])([2H])N(Cc1ccc(CSCCN/C(=C/[N+](=O)[O-])NC)o1)C([2H])([2H])[2H]. The molecule has 0 spiro atoms. The molecule has 0 aromatic carbocycles. The van der Waals surface area contributed by atoms with Crippen LogP contribution in [-0.2, 0) is 12.3 Å². The van der Waals surface area contributed by atoms with Crippen LogP contribution in [0.15, 0.2) is 28.6 Å². The first-order chi connectivity index (χ1) is 12.4. The summed E-state index contributed by atoms with van der Waals surface area (Å²) in [4.78, 5) is 10.3. The van der Waals surface area contributed by atoms with Gasteiger partial charge in [0.15, 0.2) is 5.82 Å². The van der Waals surface area contributed by atoms with E-state index >= 15 is 0 Å². The Bertz CT molecular complexity index is 639. The van der Waals surface area contributed by atoms with Crippen molar-refractivity contribution in [3.63, 3.8) is 0 Å². The van der Waals surface area contributed by atoms with Crippen LogP contribution in [0.2, 0.25) is 0 Å². The van der Waals surface area contributed by atoms with Crippen LogP contribution in [0.4, 0.5) is 0 Å². The molecule has 0 saturated carbocycles. The number of halogens is 1. The van der Waals surface area contributed by atoms with E-state index in [2.05, 4.69) is 10.6 Å². The van der Waals surface area contributed by atoms with Crippen LogP contribution in [0, 0.1) is 10.1 Å². The fraction of sp³-hybridized carbons (Fsp3) is 0.538. The minimum absolute atomic E-state index is 0. The Morgan fingerprint density at radius 3 is 2.91 bits per heavy atom. The van der Waals surface area contributed by atoms with Crippen LogP contribution in [0.5, 0.6) is 0 Å². The summed E-state index contributed by atoms with van der Waals surface area (Å²) in [5.41, 5.74) is 0. The summed E-state index contributed by atoms with van der Waals surface area (Å²) in [6.07, 6.45) is 0.838. The molecule has 0 bridgehead atoms. The lowest BCUT2D eigenvalue weighted by atomic mass is 10.4. The van der Waals surface area contributed by atoms with Crippen LogP contribution in [-0.4, -0.2) is 43.1 Å². The van der Waals surface area contributed by atoms with E-state index in [0.29, 0.717) is 34.5 Å². The Morgan fingerprint density at radius 1 is 1.55 bits per heavy atom. The maximum atomic E-state index is 10.4. The molecule has 1 aromatic heterocycles. The number of nitrogens with zero attached hydrogens (tertiary/aromatic N) is 2. The standard InChI is InChI=1S/C13H22N4O3S.ClH/c1-14-13(9-17(18)19)15-6-7-21-10-12-5-4-11(20-12)8-16(2)3;/h4-5,9,14-15H,6-8,10H2,1-3H3;1H/b13-9+;/i2D3,3D3;. The molecule has 0 saturated heterocycles. The smallest absolute Gasteiger partial charge is 0.274 e. The van der Waals surface area contributed by atoms with Crippen molar-refractivity contribution in [3.8, 4) is 0 Å². The molecule has 1 heterocycles. The van der Waals surface area contributed by atoms with E-state index in [4.69, 9.17) is 12.6 Å². The third-order valence-corrected chi connectivity index (χ3v) is 3.32. The average molecular weight is 357 g/mol. The second-order valence-electron chi connectivity index (χ2n) is 4.01. The van der Waals surface area contributed by atoms with Crippen molar-refractivity contribution in [2.24, 2.45) is 0 Å². The minimum Gasteiger partial charge on any atom is -0.464 e. The maximum absolute atomic E-state index is 10.4. The lowest BCUT2D eigenvalue weighted by Crippen LogP contribution is -2.26. The van der Waals surface area contributed by atoms with Crippen molar-refractivity contribution < 1.29 is 17.6 Å². The van der Waals surface area contributed by atoms with Crippen molar-refractivity contribution in [2.75, 3.05) is 33.3 Å². The van der Waals surface area contributed by atoms with Crippen LogP contribution >= 0.6 is 24.2 Å². The van der Waals surface area contributed by atoms with Gasteiger partial charge >= 0.3 is 0 Å². The number of thioether (sulfide) groups is 1. The lowest BCUT2D eigenvalue weighted by Gasteiger charge is -2.07. The summed E-state index contributed by atoms with van der Waals surface area (Å²) in [6.45, 7) is -5.39.